The summed E-state index contributed by atoms with van der Waals surface area (Å²) in [5, 5.41) is 14.1. The van der Waals surface area contributed by atoms with Crippen molar-refractivity contribution in [1.82, 2.24) is 15.3 Å². The summed E-state index contributed by atoms with van der Waals surface area (Å²) in [6.45, 7) is 4.42. The average molecular weight is 267 g/mol. The highest BCUT2D eigenvalue weighted by molar-refractivity contribution is 7.99. The van der Waals surface area contributed by atoms with Gasteiger partial charge in [-0.1, -0.05) is 25.6 Å². The van der Waals surface area contributed by atoms with E-state index in [2.05, 4.69) is 29.1 Å². The molecule has 1 heterocycles. The van der Waals surface area contributed by atoms with Crippen LogP contribution in [-0.2, 0) is 0 Å². The first-order chi connectivity index (χ1) is 8.66. The third-order valence-electron chi connectivity index (χ3n) is 3.22. The monoisotopic (exact) mass is 267 g/mol. The van der Waals surface area contributed by atoms with Crippen molar-refractivity contribution in [3.8, 4) is 0 Å². The van der Waals surface area contributed by atoms with Crippen LogP contribution < -0.4 is 5.32 Å². The maximum atomic E-state index is 9.80. The Hall–Kier alpha value is -0.650. The molecule has 1 saturated carbocycles. The Morgan fingerprint density at radius 2 is 2.11 bits per heavy atom. The first-order valence-electron chi connectivity index (χ1n) is 6.44. The number of hydrogen-bond acceptors (Lipinski definition) is 5. The van der Waals surface area contributed by atoms with E-state index in [4.69, 9.17) is 0 Å². The summed E-state index contributed by atoms with van der Waals surface area (Å²) in [6.07, 6.45) is 5.92. The second-order valence-corrected chi connectivity index (χ2v) is 6.15. The molecule has 1 unspecified atom stereocenters. The quantitative estimate of drug-likeness (QED) is 0.582. The van der Waals surface area contributed by atoms with E-state index < -0.39 is 0 Å². The molecule has 2 N–H and O–H groups in total. The maximum absolute atomic E-state index is 9.80. The van der Waals surface area contributed by atoms with E-state index in [-0.39, 0.29) is 12.1 Å². The number of aliphatic hydroxyl groups is 1. The van der Waals surface area contributed by atoms with Crippen molar-refractivity contribution in [3.63, 3.8) is 0 Å². The van der Waals surface area contributed by atoms with E-state index in [0.717, 1.165) is 10.9 Å². The lowest BCUT2D eigenvalue weighted by Gasteiger charge is -2.35. The molecule has 2 rings (SSSR count). The molecule has 5 heteroatoms. The van der Waals surface area contributed by atoms with E-state index in [1.54, 1.807) is 24.2 Å². The van der Waals surface area contributed by atoms with Gasteiger partial charge in [-0.05, 0) is 24.8 Å². The molecule has 100 valence electrons. The molecule has 1 aliphatic rings. The maximum Gasteiger partial charge on any atom is 0.187 e. The van der Waals surface area contributed by atoms with Crippen LogP contribution in [0.2, 0.25) is 0 Å². The lowest BCUT2D eigenvalue weighted by atomic mass is 9.95. The average Bonchev–Trinajstić information content (AvgIpc) is 3.20. The Labute approximate surface area is 113 Å². The third-order valence-corrected chi connectivity index (χ3v) is 4.35. The lowest BCUT2D eigenvalue weighted by Crippen LogP contribution is -2.55. The van der Waals surface area contributed by atoms with Crippen molar-refractivity contribution >= 4 is 11.8 Å². The van der Waals surface area contributed by atoms with E-state index in [0.29, 0.717) is 12.0 Å². The van der Waals surface area contributed by atoms with Gasteiger partial charge in [0.1, 0.15) is 0 Å². The first-order valence-corrected chi connectivity index (χ1v) is 7.43. The lowest BCUT2D eigenvalue weighted by molar-refractivity contribution is 0.150. The topological polar surface area (TPSA) is 58.0 Å². The van der Waals surface area contributed by atoms with E-state index in [1.807, 2.05) is 6.07 Å². The van der Waals surface area contributed by atoms with E-state index in [1.165, 1.54) is 12.8 Å². The molecule has 1 fully saturated rings. The SMILES string of the molecule is CC(C)NC(CO)(CSc1ncccn1)C1CC1. The molecule has 0 saturated heterocycles. The molecule has 0 radical (unpaired) electrons. The van der Waals surface area contributed by atoms with E-state index in [9.17, 15) is 5.11 Å². The van der Waals surface area contributed by atoms with Crippen molar-refractivity contribution in [2.24, 2.45) is 5.92 Å². The zero-order valence-electron chi connectivity index (χ0n) is 11.0. The molecule has 1 aromatic heterocycles. The van der Waals surface area contributed by atoms with Gasteiger partial charge in [0.15, 0.2) is 5.16 Å². The smallest absolute Gasteiger partial charge is 0.187 e. The zero-order valence-corrected chi connectivity index (χ0v) is 11.8. The number of hydrogen-bond donors (Lipinski definition) is 2. The van der Waals surface area contributed by atoms with Gasteiger partial charge in [-0.15, -0.1) is 0 Å². The minimum Gasteiger partial charge on any atom is -0.394 e. The van der Waals surface area contributed by atoms with Gasteiger partial charge in [-0.2, -0.15) is 0 Å². The molecule has 0 bridgehead atoms. The second-order valence-electron chi connectivity index (χ2n) is 5.21. The fourth-order valence-corrected chi connectivity index (χ4v) is 3.33. The van der Waals surface area contributed by atoms with E-state index >= 15 is 0 Å². The Balaban J connectivity index is 2.01. The summed E-state index contributed by atoms with van der Waals surface area (Å²) in [7, 11) is 0. The van der Waals surface area contributed by atoms with Gasteiger partial charge in [-0.3, -0.25) is 0 Å². The predicted octanol–water partition coefficient (Wildman–Crippen LogP) is 1.71. The van der Waals surface area contributed by atoms with Gasteiger partial charge in [0, 0.05) is 24.2 Å². The van der Waals surface area contributed by atoms with Gasteiger partial charge in [0.05, 0.1) is 12.1 Å². The Morgan fingerprint density at radius 1 is 1.44 bits per heavy atom. The van der Waals surface area contributed by atoms with Crippen molar-refractivity contribution in [2.75, 3.05) is 12.4 Å². The van der Waals surface area contributed by atoms with Gasteiger partial charge >= 0.3 is 0 Å². The van der Waals surface area contributed by atoms with Crippen molar-refractivity contribution in [1.29, 1.82) is 0 Å². The van der Waals surface area contributed by atoms with Crippen LogP contribution >= 0.6 is 11.8 Å². The summed E-state index contributed by atoms with van der Waals surface area (Å²) in [6, 6.07) is 2.19. The summed E-state index contributed by atoms with van der Waals surface area (Å²) >= 11 is 1.62. The number of aliphatic hydroxyl groups excluding tert-OH is 1. The Bertz CT molecular complexity index is 370. The van der Waals surface area contributed by atoms with Crippen molar-refractivity contribution < 1.29 is 5.11 Å². The highest BCUT2D eigenvalue weighted by Crippen LogP contribution is 2.42. The second kappa shape index (κ2) is 5.99. The molecule has 0 aliphatic heterocycles. The molecule has 18 heavy (non-hydrogen) atoms. The van der Waals surface area contributed by atoms with Crippen LogP contribution in [0.5, 0.6) is 0 Å². The van der Waals surface area contributed by atoms with Crippen LogP contribution in [0.1, 0.15) is 26.7 Å². The third kappa shape index (κ3) is 3.43. The highest BCUT2D eigenvalue weighted by atomic mass is 32.2. The van der Waals surface area contributed by atoms with Crippen molar-refractivity contribution in [3.05, 3.63) is 18.5 Å². The van der Waals surface area contributed by atoms with Crippen LogP contribution in [0.3, 0.4) is 0 Å². The number of aromatic nitrogens is 2. The standard InChI is InChI=1S/C13H21N3OS/c1-10(2)16-13(8-17,11-4-5-11)9-18-12-14-6-3-7-15-12/h3,6-7,10-11,16-17H,4-5,8-9H2,1-2H3. The number of rotatable bonds is 7. The van der Waals surface area contributed by atoms with Crippen LogP contribution in [0, 0.1) is 5.92 Å². The van der Waals surface area contributed by atoms with Gasteiger partial charge in [-0.25, -0.2) is 9.97 Å². The summed E-state index contributed by atoms with van der Waals surface area (Å²) in [5.41, 5.74) is -0.183. The number of nitrogens with zero attached hydrogens (tertiary/aromatic N) is 2. The summed E-state index contributed by atoms with van der Waals surface area (Å²) < 4.78 is 0. The molecule has 0 amide bonds. The van der Waals surface area contributed by atoms with Crippen LogP contribution in [-0.4, -0.2) is 39.0 Å². The molecule has 0 spiro atoms. The predicted molar refractivity (Wildman–Crippen MR) is 73.6 cm³/mol. The summed E-state index contributed by atoms with van der Waals surface area (Å²) in [4.78, 5) is 8.43. The number of thioether (sulfide) groups is 1. The van der Waals surface area contributed by atoms with Crippen LogP contribution in [0.4, 0.5) is 0 Å². The molecular formula is C13H21N3OS. The number of nitrogens with one attached hydrogen (secondary N) is 1. The fraction of sp³-hybridized carbons (Fsp3) is 0.692. The largest absolute Gasteiger partial charge is 0.394 e. The molecule has 0 aromatic carbocycles. The summed E-state index contributed by atoms with van der Waals surface area (Å²) in [5.74, 6) is 1.40. The molecule has 4 nitrogen and oxygen atoms in total. The minimum absolute atomic E-state index is 0.176. The van der Waals surface area contributed by atoms with Crippen molar-refractivity contribution in [2.45, 2.75) is 43.4 Å². The molecule has 1 aliphatic carbocycles. The highest BCUT2D eigenvalue weighted by Gasteiger charge is 2.45. The Kier molecular flexibility index (Phi) is 4.59. The molecule has 1 atom stereocenters. The van der Waals surface area contributed by atoms with Crippen LogP contribution in [0.25, 0.3) is 0 Å². The minimum atomic E-state index is -0.183. The fourth-order valence-electron chi connectivity index (χ4n) is 2.26. The van der Waals surface area contributed by atoms with Crippen LogP contribution in [0.15, 0.2) is 23.6 Å². The molecular weight excluding hydrogens is 246 g/mol. The zero-order chi connectivity index (χ0) is 13.0. The van der Waals surface area contributed by atoms with Gasteiger partial charge in [0.25, 0.3) is 0 Å². The van der Waals surface area contributed by atoms with Gasteiger partial charge < -0.3 is 10.4 Å². The van der Waals surface area contributed by atoms with Gasteiger partial charge in [0.2, 0.25) is 0 Å². The Morgan fingerprint density at radius 3 is 2.61 bits per heavy atom. The molecule has 1 aromatic rings. The first kappa shape index (κ1) is 13.8. The normalized spacial score (nSPS) is 18.9.